The highest BCUT2D eigenvalue weighted by atomic mass is 14.6. The maximum absolute atomic E-state index is 4.24. The minimum atomic E-state index is 1.09. The Hall–Kier alpha value is -1.63. The molecule has 0 saturated carbocycles. The zero-order chi connectivity index (χ0) is 11.9. The highest BCUT2D eigenvalue weighted by Crippen LogP contribution is 2.13. The summed E-state index contributed by atoms with van der Waals surface area (Å²) in [6.07, 6.45) is 8.47. The molecule has 0 saturated heterocycles. The van der Waals surface area contributed by atoms with Crippen molar-refractivity contribution in [2.24, 2.45) is 0 Å². The van der Waals surface area contributed by atoms with Crippen molar-refractivity contribution in [2.45, 2.75) is 32.6 Å². The van der Waals surface area contributed by atoms with Crippen LogP contribution in [0.3, 0.4) is 0 Å². The standard InChI is InChI=1S/C16H19N/c1-2-6-15-11-12-17-13-16(15)10-9-14-7-4-3-5-8-14/h3-5,7-8,11-13H,2,6,9-10H2,1H3. The number of nitrogens with zero attached hydrogens (tertiary/aromatic N) is 1. The van der Waals surface area contributed by atoms with E-state index in [1.54, 1.807) is 0 Å². The summed E-state index contributed by atoms with van der Waals surface area (Å²) < 4.78 is 0. The molecule has 0 atom stereocenters. The lowest BCUT2D eigenvalue weighted by molar-refractivity contribution is 0.867. The second kappa shape index (κ2) is 6.19. The summed E-state index contributed by atoms with van der Waals surface area (Å²) in [5.41, 5.74) is 4.26. The second-order valence-corrected chi connectivity index (χ2v) is 4.38. The van der Waals surface area contributed by atoms with E-state index >= 15 is 0 Å². The van der Waals surface area contributed by atoms with Crippen LogP contribution in [0.5, 0.6) is 0 Å². The summed E-state index contributed by atoms with van der Waals surface area (Å²) in [5.74, 6) is 0. The predicted octanol–water partition coefficient (Wildman–Crippen LogP) is 3.82. The lowest BCUT2D eigenvalue weighted by atomic mass is 9.99. The molecule has 0 aliphatic carbocycles. The zero-order valence-electron chi connectivity index (χ0n) is 10.4. The van der Waals surface area contributed by atoms with E-state index in [1.165, 1.54) is 23.1 Å². The van der Waals surface area contributed by atoms with Crippen molar-refractivity contribution in [3.63, 3.8) is 0 Å². The van der Waals surface area contributed by atoms with E-state index in [0.29, 0.717) is 0 Å². The first-order chi connectivity index (χ1) is 8.40. The molecule has 1 heteroatoms. The maximum Gasteiger partial charge on any atom is 0.0302 e. The Balaban J connectivity index is 2.03. The summed E-state index contributed by atoms with van der Waals surface area (Å²) in [4.78, 5) is 4.24. The maximum atomic E-state index is 4.24. The van der Waals surface area contributed by atoms with Gasteiger partial charge in [-0.3, -0.25) is 4.98 Å². The normalized spacial score (nSPS) is 10.4. The molecule has 1 aromatic carbocycles. The third kappa shape index (κ3) is 3.42. The third-order valence-corrected chi connectivity index (χ3v) is 3.05. The molecule has 0 fully saturated rings. The molecule has 0 amide bonds. The van der Waals surface area contributed by atoms with Gasteiger partial charge in [-0.25, -0.2) is 0 Å². The predicted molar refractivity (Wildman–Crippen MR) is 72.1 cm³/mol. The molecule has 0 aliphatic heterocycles. The van der Waals surface area contributed by atoms with E-state index in [1.807, 2.05) is 12.4 Å². The molecule has 1 aromatic heterocycles. The Morgan fingerprint density at radius 3 is 2.47 bits per heavy atom. The van der Waals surface area contributed by atoms with Gasteiger partial charge in [0.1, 0.15) is 0 Å². The number of aromatic nitrogens is 1. The summed E-state index contributed by atoms with van der Waals surface area (Å²) in [5, 5.41) is 0. The fourth-order valence-electron chi connectivity index (χ4n) is 2.12. The van der Waals surface area contributed by atoms with Crippen molar-refractivity contribution in [1.82, 2.24) is 4.98 Å². The molecule has 17 heavy (non-hydrogen) atoms. The van der Waals surface area contributed by atoms with Gasteiger partial charge in [0, 0.05) is 12.4 Å². The monoisotopic (exact) mass is 225 g/mol. The van der Waals surface area contributed by atoms with Gasteiger partial charge in [0.2, 0.25) is 0 Å². The van der Waals surface area contributed by atoms with Crippen LogP contribution in [-0.4, -0.2) is 4.98 Å². The summed E-state index contributed by atoms with van der Waals surface area (Å²) in [6, 6.07) is 12.8. The number of pyridine rings is 1. The van der Waals surface area contributed by atoms with E-state index in [0.717, 1.165) is 19.3 Å². The van der Waals surface area contributed by atoms with Gasteiger partial charge in [-0.05, 0) is 42.0 Å². The molecule has 0 unspecified atom stereocenters. The number of benzene rings is 1. The average Bonchev–Trinajstić information content (AvgIpc) is 2.39. The summed E-state index contributed by atoms with van der Waals surface area (Å²) in [6.45, 7) is 2.22. The molecule has 0 spiro atoms. The van der Waals surface area contributed by atoms with Crippen molar-refractivity contribution in [3.8, 4) is 0 Å². The molecule has 2 rings (SSSR count). The van der Waals surface area contributed by atoms with Crippen molar-refractivity contribution in [2.75, 3.05) is 0 Å². The molecule has 0 aliphatic rings. The Morgan fingerprint density at radius 2 is 1.71 bits per heavy atom. The van der Waals surface area contributed by atoms with Crippen LogP contribution in [0, 0.1) is 0 Å². The fraction of sp³-hybridized carbons (Fsp3) is 0.312. The zero-order valence-corrected chi connectivity index (χ0v) is 10.4. The van der Waals surface area contributed by atoms with Crippen molar-refractivity contribution in [3.05, 3.63) is 65.5 Å². The van der Waals surface area contributed by atoms with E-state index in [-0.39, 0.29) is 0 Å². The topological polar surface area (TPSA) is 12.9 Å². The fourth-order valence-corrected chi connectivity index (χ4v) is 2.12. The Labute approximate surface area is 104 Å². The van der Waals surface area contributed by atoms with Crippen molar-refractivity contribution >= 4 is 0 Å². The molecular weight excluding hydrogens is 206 g/mol. The van der Waals surface area contributed by atoms with Gasteiger partial charge < -0.3 is 0 Å². The molecule has 0 bridgehead atoms. The van der Waals surface area contributed by atoms with Gasteiger partial charge in [-0.1, -0.05) is 43.7 Å². The van der Waals surface area contributed by atoms with Gasteiger partial charge in [0.05, 0.1) is 0 Å². The quantitative estimate of drug-likeness (QED) is 0.754. The highest BCUT2D eigenvalue weighted by Gasteiger charge is 2.02. The lowest BCUT2D eigenvalue weighted by Gasteiger charge is -2.07. The van der Waals surface area contributed by atoms with E-state index in [9.17, 15) is 0 Å². The van der Waals surface area contributed by atoms with Gasteiger partial charge in [-0.2, -0.15) is 0 Å². The van der Waals surface area contributed by atoms with Gasteiger partial charge >= 0.3 is 0 Å². The van der Waals surface area contributed by atoms with Crippen LogP contribution in [-0.2, 0) is 19.3 Å². The third-order valence-electron chi connectivity index (χ3n) is 3.05. The molecule has 2 aromatic rings. The number of hydrogen-bond donors (Lipinski definition) is 0. The number of aryl methyl sites for hydroxylation is 3. The van der Waals surface area contributed by atoms with Gasteiger partial charge in [0.25, 0.3) is 0 Å². The van der Waals surface area contributed by atoms with Crippen LogP contribution in [0.1, 0.15) is 30.0 Å². The van der Waals surface area contributed by atoms with E-state index < -0.39 is 0 Å². The highest BCUT2D eigenvalue weighted by molar-refractivity contribution is 5.25. The molecule has 1 heterocycles. The van der Waals surface area contributed by atoms with Crippen LogP contribution in [0.4, 0.5) is 0 Å². The van der Waals surface area contributed by atoms with Crippen LogP contribution >= 0.6 is 0 Å². The van der Waals surface area contributed by atoms with Crippen LogP contribution in [0.2, 0.25) is 0 Å². The molecular formula is C16H19N. The summed E-state index contributed by atoms with van der Waals surface area (Å²) in [7, 11) is 0. The van der Waals surface area contributed by atoms with Gasteiger partial charge in [0.15, 0.2) is 0 Å². The SMILES string of the molecule is CCCc1ccncc1CCc1ccccc1. The van der Waals surface area contributed by atoms with Crippen LogP contribution < -0.4 is 0 Å². The minimum Gasteiger partial charge on any atom is -0.264 e. The lowest BCUT2D eigenvalue weighted by Crippen LogP contribution is -1.98. The van der Waals surface area contributed by atoms with Crippen molar-refractivity contribution in [1.29, 1.82) is 0 Å². The molecule has 1 nitrogen and oxygen atoms in total. The van der Waals surface area contributed by atoms with Crippen LogP contribution in [0.15, 0.2) is 48.8 Å². The van der Waals surface area contributed by atoms with Gasteiger partial charge in [-0.15, -0.1) is 0 Å². The smallest absolute Gasteiger partial charge is 0.0302 e. The first-order valence-electron chi connectivity index (χ1n) is 6.36. The Morgan fingerprint density at radius 1 is 0.882 bits per heavy atom. The first kappa shape index (κ1) is 11.8. The average molecular weight is 225 g/mol. The molecule has 88 valence electrons. The van der Waals surface area contributed by atoms with Crippen molar-refractivity contribution < 1.29 is 0 Å². The minimum absolute atomic E-state index is 1.09. The van der Waals surface area contributed by atoms with Crippen LogP contribution in [0.25, 0.3) is 0 Å². The first-order valence-corrected chi connectivity index (χ1v) is 6.36. The second-order valence-electron chi connectivity index (χ2n) is 4.38. The Kier molecular flexibility index (Phi) is 4.31. The molecule has 0 radical (unpaired) electrons. The van der Waals surface area contributed by atoms with E-state index in [2.05, 4.69) is 48.3 Å². The number of rotatable bonds is 5. The number of hydrogen-bond acceptors (Lipinski definition) is 1. The largest absolute Gasteiger partial charge is 0.264 e. The van der Waals surface area contributed by atoms with E-state index in [4.69, 9.17) is 0 Å². The molecule has 0 N–H and O–H groups in total. The Bertz CT molecular complexity index is 448. The summed E-state index contributed by atoms with van der Waals surface area (Å²) >= 11 is 0.